The van der Waals surface area contributed by atoms with Gasteiger partial charge in [-0.2, -0.15) is 0 Å². The summed E-state index contributed by atoms with van der Waals surface area (Å²) < 4.78 is 0. The van der Waals surface area contributed by atoms with Crippen LogP contribution in [-0.4, -0.2) is 41.9 Å². The molecule has 0 saturated heterocycles. The first-order valence-corrected chi connectivity index (χ1v) is 3.25. The molecule has 1 rings (SSSR count). The van der Waals surface area contributed by atoms with Crippen LogP contribution < -0.4 is 0 Å². The number of carbonyl (C=O) groups is 1. The molecule has 0 atom stereocenters. The van der Waals surface area contributed by atoms with Gasteiger partial charge in [-0.3, -0.25) is 9.79 Å². The van der Waals surface area contributed by atoms with Crippen molar-refractivity contribution in [2.75, 3.05) is 19.6 Å². The molecule has 4 nitrogen and oxygen atoms in total. The summed E-state index contributed by atoms with van der Waals surface area (Å²) in [6.45, 7) is 2.26. The summed E-state index contributed by atoms with van der Waals surface area (Å²) >= 11 is 0. The Bertz CT molecular complexity index is 161. The Morgan fingerprint density at radius 1 is 1.73 bits per heavy atom. The van der Waals surface area contributed by atoms with E-state index in [9.17, 15) is 4.79 Å². The monoisotopic (exact) mass is 178 g/mol. The van der Waals surface area contributed by atoms with Gasteiger partial charge in [-0.25, -0.2) is 0 Å². The number of hydrogen-bond donors (Lipinski definition) is 1. The summed E-state index contributed by atoms with van der Waals surface area (Å²) in [4.78, 5) is 15.9. The van der Waals surface area contributed by atoms with Gasteiger partial charge in [-0.05, 0) is 0 Å². The van der Waals surface area contributed by atoms with Crippen molar-refractivity contribution in [1.82, 2.24) is 4.90 Å². The SMILES string of the molecule is Cl.O=C(O)CCN1C=NCC1. The third-order valence-corrected chi connectivity index (χ3v) is 1.37. The second kappa shape index (κ2) is 4.96. The molecule has 5 heteroatoms. The molecule has 0 saturated carbocycles. The lowest BCUT2D eigenvalue weighted by atomic mass is 10.4. The predicted molar refractivity (Wildman–Crippen MR) is 44.4 cm³/mol. The van der Waals surface area contributed by atoms with E-state index in [-0.39, 0.29) is 18.8 Å². The number of nitrogens with zero attached hydrogens (tertiary/aromatic N) is 2. The Kier molecular flexibility index (Phi) is 4.61. The summed E-state index contributed by atoms with van der Waals surface area (Å²) in [5.74, 6) is -0.750. The molecule has 0 spiro atoms. The molecule has 11 heavy (non-hydrogen) atoms. The molecule has 1 aliphatic rings. The van der Waals surface area contributed by atoms with Crippen molar-refractivity contribution in [2.24, 2.45) is 4.99 Å². The number of carboxylic acid groups (broad SMARTS) is 1. The summed E-state index contributed by atoms with van der Waals surface area (Å²) in [7, 11) is 0. The Morgan fingerprint density at radius 3 is 2.91 bits per heavy atom. The summed E-state index contributed by atoms with van der Waals surface area (Å²) in [6, 6.07) is 0. The van der Waals surface area contributed by atoms with Crippen LogP contribution in [0.2, 0.25) is 0 Å². The van der Waals surface area contributed by atoms with Gasteiger partial charge in [0.2, 0.25) is 0 Å². The third kappa shape index (κ3) is 3.83. The van der Waals surface area contributed by atoms with Crippen LogP contribution in [0.5, 0.6) is 0 Å². The highest BCUT2D eigenvalue weighted by atomic mass is 35.5. The van der Waals surface area contributed by atoms with E-state index in [2.05, 4.69) is 4.99 Å². The van der Waals surface area contributed by atoms with E-state index >= 15 is 0 Å². The van der Waals surface area contributed by atoms with Gasteiger partial charge < -0.3 is 10.0 Å². The Hall–Kier alpha value is -0.770. The molecule has 0 aromatic heterocycles. The number of aliphatic carboxylic acids is 1. The van der Waals surface area contributed by atoms with E-state index in [0.717, 1.165) is 13.1 Å². The maximum absolute atomic E-state index is 10.1. The van der Waals surface area contributed by atoms with Crippen LogP contribution in [0.3, 0.4) is 0 Å². The molecule has 0 radical (unpaired) electrons. The van der Waals surface area contributed by atoms with Crippen LogP contribution >= 0.6 is 12.4 Å². The van der Waals surface area contributed by atoms with E-state index < -0.39 is 5.97 Å². The van der Waals surface area contributed by atoms with Crippen LogP contribution in [0.25, 0.3) is 0 Å². The highest BCUT2D eigenvalue weighted by Crippen LogP contribution is 1.94. The Labute approximate surface area is 71.3 Å². The van der Waals surface area contributed by atoms with Gasteiger partial charge in [-0.1, -0.05) is 0 Å². The highest BCUT2D eigenvalue weighted by molar-refractivity contribution is 5.85. The highest BCUT2D eigenvalue weighted by Gasteiger charge is 2.06. The molecule has 0 unspecified atom stereocenters. The number of hydrogen-bond acceptors (Lipinski definition) is 3. The van der Waals surface area contributed by atoms with E-state index in [1.54, 1.807) is 6.34 Å². The van der Waals surface area contributed by atoms with Gasteiger partial charge in [0.05, 0.1) is 19.3 Å². The van der Waals surface area contributed by atoms with E-state index in [4.69, 9.17) is 5.11 Å². The molecule has 1 N–H and O–H groups in total. The summed E-state index contributed by atoms with van der Waals surface area (Å²) in [6.07, 6.45) is 1.91. The first kappa shape index (κ1) is 10.2. The molecule has 0 fully saturated rings. The second-order valence-electron chi connectivity index (χ2n) is 2.20. The smallest absolute Gasteiger partial charge is 0.305 e. The van der Waals surface area contributed by atoms with Gasteiger partial charge in [0, 0.05) is 13.1 Å². The lowest BCUT2D eigenvalue weighted by molar-refractivity contribution is -0.137. The molecular formula is C6H11ClN2O2. The van der Waals surface area contributed by atoms with Crippen molar-refractivity contribution in [1.29, 1.82) is 0 Å². The maximum Gasteiger partial charge on any atom is 0.305 e. The predicted octanol–water partition coefficient (Wildman–Crippen LogP) is 0.227. The largest absolute Gasteiger partial charge is 0.481 e. The van der Waals surface area contributed by atoms with Gasteiger partial charge in [0.25, 0.3) is 0 Å². The van der Waals surface area contributed by atoms with Crippen molar-refractivity contribution in [2.45, 2.75) is 6.42 Å². The van der Waals surface area contributed by atoms with E-state index in [1.165, 1.54) is 0 Å². The standard InChI is InChI=1S/C6H10N2O2.ClH/c9-6(10)1-3-8-4-2-7-5-8;/h5H,1-4H2,(H,9,10);1H. The van der Waals surface area contributed by atoms with Gasteiger partial charge in [0.1, 0.15) is 0 Å². The Balaban J connectivity index is 0.000001000. The fourth-order valence-electron chi connectivity index (χ4n) is 0.826. The first-order valence-electron chi connectivity index (χ1n) is 3.25. The molecule has 0 amide bonds. The number of halogens is 1. The van der Waals surface area contributed by atoms with Crippen LogP contribution in [0.1, 0.15) is 6.42 Å². The van der Waals surface area contributed by atoms with Crippen LogP contribution in [0.15, 0.2) is 4.99 Å². The van der Waals surface area contributed by atoms with Crippen LogP contribution in [0.4, 0.5) is 0 Å². The van der Waals surface area contributed by atoms with Crippen molar-refractivity contribution < 1.29 is 9.90 Å². The second-order valence-corrected chi connectivity index (χ2v) is 2.20. The molecule has 1 heterocycles. The summed E-state index contributed by atoms with van der Waals surface area (Å²) in [5.41, 5.74) is 0. The minimum Gasteiger partial charge on any atom is -0.481 e. The third-order valence-electron chi connectivity index (χ3n) is 1.37. The van der Waals surface area contributed by atoms with E-state index in [0.29, 0.717) is 6.54 Å². The number of carboxylic acids is 1. The maximum atomic E-state index is 10.1. The minimum absolute atomic E-state index is 0. The fourth-order valence-corrected chi connectivity index (χ4v) is 0.826. The molecular weight excluding hydrogens is 168 g/mol. The molecule has 1 aliphatic heterocycles. The average molecular weight is 179 g/mol. The Morgan fingerprint density at radius 2 is 2.45 bits per heavy atom. The summed E-state index contributed by atoms with van der Waals surface area (Å²) in [5, 5.41) is 8.30. The van der Waals surface area contributed by atoms with Crippen molar-refractivity contribution in [3.05, 3.63) is 0 Å². The lowest BCUT2D eigenvalue weighted by Crippen LogP contribution is -2.22. The van der Waals surface area contributed by atoms with Crippen LogP contribution in [0, 0.1) is 0 Å². The molecule has 64 valence electrons. The van der Waals surface area contributed by atoms with Crippen molar-refractivity contribution in [3.63, 3.8) is 0 Å². The lowest BCUT2D eigenvalue weighted by Gasteiger charge is -2.10. The number of aliphatic imine (C=N–C) groups is 1. The van der Waals surface area contributed by atoms with Crippen LogP contribution in [-0.2, 0) is 4.79 Å². The van der Waals surface area contributed by atoms with Crippen molar-refractivity contribution >= 4 is 24.7 Å². The number of rotatable bonds is 3. The minimum atomic E-state index is -0.750. The quantitative estimate of drug-likeness (QED) is 0.673. The zero-order valence-electron chi connectivity index (χ0n) is 6.06. The van der Waals surface area contributed by atoms with Gasteiger partial charge in [0.15, 0.2) is 0 Å². The topological polar surface area (TPSA) is 52.9 Å². The van der Waals surface area contributed by atoms with Crippen molar-refractivity contribution in [3.8, 4) is 0 Å². The normalized spacial score (nSPS) is 14.7. The average Bonchev–Trinajstić information content (AvgIpc) is 2.34. The first-order chi connectivity index (χ1) is 4.79. The zero-order chi connectivity index (χ0) is 7.40. The van der Waals surface area contributed by atoms with E-state index in [1.807, 2.05) is 4.90 Å². The fraction of sp³-hybridized carbons (Fsp3) is 0.667. The molecule has 0 aromatic rings. The zero-order valence-corrected chi connectivity index (χ0v) is 6.88. The molecule has 0 bridgehead atoms. The van der Waals surface area contributed by atoms with Gasteiger partial charge >= 0.3 is 5.97 Å². The van der Waals surface area contributed by atoms with Gasteiger partial charge in [-0.15, -0.1) is 12.4 Å². The molecule has 0 aliphatic carbocycles. The molecule has 0 aromatic carbocycles.